The summed E-state index contributed by atoms with van der Waals surface area (Å²) in [5.74, 6) is -0.187. The van der Waals surface area contributed by atoms with Crippen molar-refractivity contribution < 1.29 is 4.79 Å². The first-order valence-corrected chi connectivity index (χ1v) is 7.22. The summed E-state index contributed by atoms with van der Waals surface area (Å²) in [6.45, 7) is 1.92. The van der Waals surface area contributed by atoms with Crippen LogP contribution in [0.15, 0.2) is 53.0 Å². The van der Waals surface area contributed by atoms with Crippen LogP contribution in [0.2, 0.25) is 5.02 Å². The molecule has 2 nitrogen and oxygen atoms in total. The molecule has 0 aromatic heterocycles. The lowest BCUT2D eigenvalue weighted by molar-refractivity contribution is -0.111. The smallest absolute Gasteiger partial charge is 0.248 e. The third kappa shape index (κ3) is 4.22. The van der Waals surface area contributed by atoms with Gasteiger partial charge in [0.15, 0.2) is 0 Å². The fraction of sp³-hybridized carbons (Fsp3) is 0.0625. The van der Waals surface area contributed by atoms with Gasteiger partial charge in [-0.05, 0) is 48.4 Å². The summed E-state index contributed by atoms with van der Waals surface area (Å²) in [4.78, 5) is 11.8. The van der Waals surface area contributed by atoms with Gasteiger partial charge in [0.1, 0.15) is 0 Å². The van der Waals surface area contributed by atoms with Gasteiger partial charge in [-0.25, -0.2) is 0 Å². The fourth-order valence-corrected chi connectivity index (χ4v) is 2.05. The molecule has 2 aromatic carbocycles. The minimum atomic E-state index is -0.187. The second kappa shape index (κ2) is 6.73. The number of hydrogen-bond acceptors (Lipinski definition) is 1. The summed E-state index contributed by atoms with van der Waals surface area (Å²) >= 11 is 9.38. The summed E-state index contributed by atoms with van der Waals surface area (Å²) in [6, 6.07) is 13.1. The third-order valence-electron chi connectivity index (χ3n) is 2.74. The number of nitrogens with one attached hydrogen (secondary N) is 1. The van der Waals surface area contributed by atoms with Crippen LogP contribution in [-0.2, 0) is 4.79 Å². The summed E-state index contributed by atoms with van der Waals surface area (Å²) in [7, 11) is 0. The number of benzene rings is 2. The lowest BCUT2D eigenvalue weighted by Gasteiger charge is -2.04. The van der Waals surface area contributed by atoms with Gasteiger partial charge in [-0.2, -0.15) is 0 Å². The molecule has 0 radical (unpaired) electrons. The Morgan fingerprint density at radius 2 is 1.90 bits per heavy atom. The lowest BCUT2D eigenvalue weighted by atomic mass is 10.2. The molecule has 0 saturated heterocycles. The highest BCUT2D eigenvalue weighted by Gasteiger charge is 2.00. The van der Waals surface area contributed by atoms with E-state index < -0.39 is 0 Å². The van der Waals surface area contributed by atoms with E-state index in [1.165, 1.54) is 6.08 Å². The Kier molecular flexibility index (Phi) is 4.99. The summed E-state index contributed by atoms with van der Waals surface area (Å²) in [6.07, 6.45) is 3.26. The van der Waals surface area contributed by atoms with Crippen molar-refractivity contribution in [1.29, 1.82) is 0 Å². The predicted octanol–water partition coefficient (Wildman–Crippen LogP) is 5.06. The molecule has 20 heavy (non-hydrogen) atoms. The van der Waals surface area contributed by atoms with Gasteiger partial charge in [0.05, 0.1) is 0 Å². The SMILES string of the molecule is Cc1ccc(NC(=O)/C=C/c2ccc(Br)cc2)cc1Cl. The Hall–Kier alpha value is -1.58. The normalized spacial score (nSPS) is 10.8. The number of aryl methyl sites for hydroxylation is 1. The average molecular weight is 351 g/mol. The second-order valence-corrected chi connectivity index (χ2v) is 5.66. The van der Waals surface area contributed by atoms with Crippen LogP contribution in [0.1, 0.15) is 11.1 Å². The van der Waals surface area contributed by atoms with Crippen molar-refractivity contribution in [1.82, 2.24) is 0 Å². The van der Waals surface area contributed by atoms with E-state index in [0.717, 1.165) is 15.6 Å². The van der Waals surface area contributed by atoms with Crippen LogP contribution in [0.4, 0.5) is 5.69 Å². The third-order valence-corrected chi connectivity index (χ3v) is 3.67. The molecule has 0 bridgehead atoms. The van der Waals surface area contributed by atoms with Gasteiger partial charge in [-0.15, -0.1) is 0 Å². The lowest BCUT2D eigenvalue weighted by Crippen LogP contribution is -2.07. The Morgan fingerprint density at radius 3 is 2.55 bits per heavy atom. The minimum absolute atomic E-state index is 0.187. The molecule has 0 heterocycles. The van der Waals surface area contributed by atoms with E-state index in [0.29, 0.717) is 10.7 Å². The first-order valence-electron chi connectivity index (χ1n) is 6.05. The molecule has 2 rings (SSSR count). The van der Waals surface area contributed by atoms with Crippen LogP contribution >= 0.6 is 27.5 Å². The van der Waals surface area contributed by atoms with Gasteiger partial charge in [0.2, 0.25) is 5.91 Å². The van der Waals surface area contributed by atoms with E-state index >= 15 is 0 Å². The molecule has 1 N–H and O–H groups in total. The Labute approximate surface area is 131 Å². The van der Waals surface area contributed by atoms with Crippen LogP contribution in [0.3, 0.4) is 0 Å². The van der Waals surface area contributed by atoms with Gasteiger partial charge in [0, 0.05) is 21.3 Å². The molecule has 0 spiro atoms. The van der Waals surface area contributed by atoms with E-state index in [4.69, 9.17) is 11.6 Å². The van der Waals surface area contributed by atoms with E-state index in [1.54, 1.807) is 12.1 Å². The maximum Gasteiger partial charge on any atom is 0.248 e. The molecule has 0 saturated carbocycles. The van der Waals surface area contributed by atoms with Crippen molar-refractivity contribution in [2.75, 3.05) is 5.32 Å². The van der Waals surface area contributed by atoms with Crippen molar-refractivity contribution in [3.8, 4) is 0 Å². The number of amides is 1. The van der Waals surface area contributed by atoms with Crippen molar-refractivity contribution in [3.05, 3.63) is 69.2 Å². The highest BCUT2D eigenvalue weighted by molar-refractivity contribution is 9.10. The summed E-state index contributed by atoms with van der Waals surface area (Å²) in [5.41, 5.74) is 2.63. The van der Waals surface area contributed by atoms with Crippen molar-refractivity contribution in [2.24, 2.45) is 0 Å². The zero-order valence-electron chi connectivity index (χ0n) is 10.9. The molecule has 0 fully saturated rings. The highest BCUT2D eigenvalue weighted by Crippen LogP contribution is 2.20. The Balaban J connectivity index is 2.01. The molecule has 102 valence electrons. The largest absolute Gasteiger partial charge is 0.322 e. The maximum absolute atomic E-state index is 11.8. The molecule has 0 aliphatic rings. The van der Waals surface area contributed by atoms with Gasteiger partial charge in [-0.3, -0.25) is 4.79 Å². The van der Waals surface area contributed by atoms with Crippen molar-refractivity contribution in [2.45, 2.75) is 6.92 Å². The second-order valence-electron chi connectivity index (χ2n) is 4.34. The van der Waals surface area contributed by atoms with Crippen molar-refractivity contribution >= 4 is 45.2 Å². The van der Waals surface area contributed by atoms with E-state index in [9.17, 15) is 4.79 Å². The standard InChI is InChI=1S/C16H13BrClNO/c1-11-2-8-14(10-15(11)18)19-16(20)9-5-12-3-6-13(17)7-4-12/h2-10H,1H3,(H,19,20)/b9-5+. The topological polar surface area (TPSA) is 29.1 Å². The summed E-state index contributed by atoms with van der Waals surface area (Å²) in [5, 5.41) is 3.41. The molecular weight excluding hydrogens is 338 g/mol. The molecular formula is C16H13BrClNO. The number of hydrogen-bond donors (Lipinski definition) is 1. The Morgan fingerprint density at radius 1 is 1.20 bits per heavy atom. The molecule has 0 unspecified atom stereocenters. The Bertz CT molecular complexity index is 650. The molecule has 0 aliphatic carbocycles. The maximum atomic E-state index is 11.8. The van der Waals surface area contributed by atoms with Crippen LogP contribution < -0.4 is 5.32 Å². The minimum Gasteiger partial charge on any atom is -0.322 e. The van der Waals surface area contributed by atoms with Gasteiger partial charge in [-0.1, -0.05) is 45.7 Å². The first kappa shape index (κ1) is 14.8. The number of anilines is 1. The van der Waals surface area contributed by atoms with Gasteiger partial charge in [0.25, 0.3) is 0 Å². The predicted molar refractivity (Wildman–Crippen MR) is 88.0 cm³/mol. The molecule has 0 atom stereocenters. The zero-order chi connectivity index (χ0) is 14.5. The van der Waals surface area contributed by atoms with E-state index in [1.807, 2.05) is 43.3 Å². The van der Waals surface area contributed by atoms with E-state index in [2.05, 4.69) is 21.2 Å². The first-order chi connectivity index (χ1) is 9.54. The zero-order valence-corrected chi connectivity index (χ0v) is 13.2. The van der Waals surface area contributed by atoms with Gasteiger partial charge >= 0.3 is 0 Å². The average Bonchev–Trinajstić information content (AvgIpc) is 2.42. The number of carbonyl (C=O) groups excluding carboxylic acids is 1. The van der Waals surface area contributed by atoms with Crippen LogP contribution in [0.25, 0.3) is 6.08 Å². The number of halogens is 2. The molecule has 1 amide bonds. The van der Waals surface area contributed by atoms with Crippen LogP contribution in [-0.4, -0.2) is 5.91 Å². The van der Waals surface area contributed by atoms with Crippen LogP contribution in [0.5, 0.6) is 0 Å². The van der Waals surface area contributed by atoms with Gasteiger partial charge < -0.3 is 5.32 Å². The molecule has 2 aromatic rings. The quantitative estimate of drug-likeness (QED) is 0.770. The highest BCUT2D eigenvalue weighted by atomic mass is 79.9. The van der Waals surface area contributed by atoms with Crippen molar-refractivity contribution in [3.63, 3.8) is 0 Å². The van der Waals surface area contributed by atoms with E-state index in [-0.39, 0.29) is 5.91 Å². The molecule has 0 aliphatic heterocycles. The monoisotopic (exact) mass is 349 g/mol. The molecule has 4 heteroatoms. The summed E-state index contributed by atoms with van der Waals surface area (Å²) < 4.78 is 1.01. The number of carbonyl (C=O) groups is 1. The fourth-order valence-electron chi connectivity index (χ4n) is 1.60. The number of rotatable bonds is 3. The van der Waals surface area contributed by atoms with Crippen LogP contribution in [0, 0.1) is 6.92 Å².